The van der Waals surface area contributed by atoms with Gasteiger partial charge in [-0.2, -0.15) is 0 Å². The second-order valence-corrected chi connectivity index (χ2v) is 11.3. The van der Waals surface area contributed by atoms with E-state index in [9.17, 15) is 9.59 Å². The fourth-order valence-corrected chi connectivity index (χ4v) is 5.28. The minimum Gasteiger partial charge on any atom is -0.490 e. The van der Waals surface area contributed by atoms with Gasteiger partial charge in [0.2, 0.25) is 0 Å². The highest BCUT2D eigenvalue weighted by molar-refractivity contribution is 6.06. The van der Waals surface area contributed by atoms with Gasteiger partial charge in [0.15, 0.2) is 23.1 Å². The monoisotopic (exact) mass is 569 g/mol. The molecule has 2 aliphatic rings. The number of fused-ring (bicyclic) bond motifs is 2. The van der Waals surface area contributed by atoms with Crippen LogP contribution in [-0.2, 0) is 21.5 Å². The van der Waals surface area contributed by atoms with Crippen molar-refractivity contribution in [3.63, 3.8) is 0 Å². The van der Waals surface area contributed by atoms with Crippen LogP contribution in [0.1, 0.15) is 75.0 Å². The van der Waals surface area contributed by atoms with Crippen LogP contribution in [0.2, 0.25) is 0 Å². The zero-order valence-corrected chi connectivity index (χ0v) is 25.0. The molecule has 2 aromatic carbocycles. The Morgan fingerprint density at radius 3 is 2.44 bits per heavy atom. The number of Topliss-reactive ketones (excluding diaryl/α,β-unsaturated/α-hetero) is 1. The van der Waals surface area contributed by atoms with Crippen LogP contribution in [0.5, 0.6) is 17.2 Å². The quantitative estimate of drug-likeness (QED) is 0.312. The van der Waals surface area contributed by atoms with Gasteiger partial charge in [0.1, 0.15) is 17.7 Å². The number of anilines is 1. The molecule has 2 aromatic rings. The predicted octanol–water partition coefficient (Wildman–Crippen LogP) is 5.09. The molecule has 1 unspecified atom stereocenters. The van der Waals surface area contributed by atoms with Gasteiger partial charge in [0, 0.05) is 24.7 Å². The Morgan fingerprint density at radius 2 is 1.80 bits per heavy atom. The van der Waals surface area contributed by atoms with E-state index in [1.165, 1.54) is 0 Å². The summed E-state index contributed by atoms with van der Waals surface area (Å²) in [4.78, 5) is 29.4. The molecule has 0 radical (unpaired) electrons. The smallest absolute Gasteiger partial charge is 0.309 e. The number of benzene rings is 2. The molecule has 1 N–H and O–H groups in total. The van der Waals surface area contributed by atoms with Crippen LogP contribution < -0.4 is 19.1 Å². The van der Waals surface area contributed by atoms with E-state index in [1.54, 1.807) is 37.8 Å². The number of carbonyl (C=O) groups is 2. The van der Waals surface area contributed by atoms with Gasteiger partial charge in [-0.05, 0) is 49.9 Å². The number of amidine groups is 1. The van der Waals surface area contributed by atoms with Gasteiger partial charge < -0.3 is 28.7 Å². The van der Waals surface area contributed by atoms with Crippen molar-refractivity contribution in [2.75, 3.05) is 44.9 Å². The number of esters is 1. The minimum atomic E-state index is -0.646. The molecule has 0 fully saturated rings. The van der Waals surface area contributed by atoms with Crippen LogP contribution in [0, 0.1) is 11.2 Å². The van der Waals surface area contributed by atoms with Gasteiger partial charge in [-0.1, -0.05) is 20.8 Å². The third-order valence-corrected chi connectivity index (χ3v) is 7.18. The van der Waals surface area contributed by atoms with E-state index in [2.05, 4.69) is 0 Å². The molecule has 0 amide bonds. The maximum absolute atomic E-state index is 15.5. The second-order valence-electron chi connectivity index (χ2n) is 11.3. The Labute approximate surface area is 241 Å². The fourth-order valence-electron chi connectivity index (χ4n) is 5.28. The summed E-state index contributed by atoms with van der Waals surface area (Å²) in [5.41, 5.74) is 2.42. The third-order valence-electron chi connectivity index (χ3n) is 7.18. The van der Waals surface area contributed by atoms with Crippen molar-refractivity contribution in [2.45, 2.75) is 66.0 Å². The topological polar surface area (TPSA) is 101 Å². The molecule has 2 heterocycles. The maximum atomic E-state index is 15.5. The molecular formula is C31H40FN3O6. The number of rotatable bonds is 10. The Morgan fingerprint density at radius 1 is 1.10 bits per heavy atom. The number of nitrogens with one attached hydrogen (secondary N) is 1. The number of hydrogen-bond donors (Lipinski definition) is 1. The first-order chi connectivity index (χ1) is 19.4. The summed E-state index contributed by atoms with van der Waals surface area (Å²) in [6.07, 6.45) is -0.248. The van der Waals surface area contributed by atoms with Crippen molar-refractivity contribution in [2.24, 2.45) is 0 Å². The van der Waals surface area contributed by atoms with E-state index in [0.29, 0.717) is 42.4 Å². The van der Waals surface area contributed by atoms with Crippen LogP contribution in [0.3, 0.4) is 0 Å². The summed E-state index contributed by atoms with van der Waals surface area (Å²) in [5.74, 6) is -0.300. The molecule has 0 saturated heterocycles. The molecule has 2 aliphatic heterocycles. The number of carbonyl (C=O) groups excluding carboxylic acids is 2. The SMILES string of the molecule is CCOC(=O)CC1CN(C)c2cc(C(=O)CN3Cc4cc(OCC)c(OCC)c(F)c4C3=N)cc(C(C)(C)C)c2O1. The van der Waals surface area contributed by atoms with Gasteiger partial charge in [-0.3, -0.25) is 15.0 Å². The first-order valence-electron chi connectivity index (χ1n) is 14.1. The van der Waals surface area contributed by atoms with Crippen LogP contribution in [0.25, 0.3) is 0 Å². The summed E-state index contributed by atoms with van der Waals surface area (Å²) in [6, 6.07) is 5.32. The lowest BCUT2D eigenvalue weighted by atomic mass is 9.83. The fraction of sp³-hybridized carbons (Fsp3) is 0.516. The zero-order chi connectivity index (χ0) is 30.1. The lowest BCUT2D eigenvalue weighted by Crippen LogP contribution is -2.40. The normalized spacial score (nSPS) is 16.2. The Hall–Kier alpha value is -3.82. The molecule has 4 rings (SSSR count). The molecule has 0 aliphatic carbocycles. The number of hydrogen-bond acceptors (Lipinski definition) is 8. The Balaban J connectivity index is 1.62. The molecular weight excluding hydrogens is 529 g/mol. The average molecular weight is 570 g/mol. The van der Waals surface area contributed by atoms with Crippen molar-refractivity contribution in [1.29, 1.82) is 5.41 Å². The van der Waals surface area contributed by atoms with Crippen LogP contribution in [0.15, 0.2) is 18.2 Å². The van der Waals surface area contributed by atoms with Crippen LogP contribution >= 0.6 is 0 Å². The van der Waals surface area contributed by atoms with Crippen molar-refractivity contribution in [3.05, 3.63) is 46.3 Å². The van der Waals surface area contributed by atoms with E-state index in [4.69, 9.17) is 24.4 Å². The number of ketones is 1. The Kier molecular flexibility index (Phi) is 8.80. The predicted molar refractivity (Wildman–Crippen MR) is 154 cm³/mol. The number of nitrogens with zero attached hydrogens (tertiary/aromatic N) is 2. The molecule has 0 bridgehead atoms. The van der Waals surface area contributed by atoms with Crippen LogP contribution in [0.4, 0.5) is 10.1 Å². The highest BCUT2D eigenvalue weighted by Gasteiger charge is 2.35. The van der Waals surface area contributed by atoms with E-state index >= 15 is 4.39 Å². The molecule has 0 saturated carbocycles. The Bertz CT molecular complexity index is 1350. The average Bonchev–Trinajstić information content (AvgIpc) is 3.20. The molecule has 0 aromatic heterocycles. The van der Waals surface area contributed by atoms with E-state index < -0.39 is 5.82 Å². The third kappa shape index (κ3) is 6.11. The maximum Gasteiger partial charge on any atom is 0.309 e. The molecule has 1 atom stereocenters. The lowest BCUT2D eigenvalue weighted by Gasteiger charge is -2.37. The summed E-state index contributed by atoms with van der Waals surface area (Å²) >= 11 is 0. The van der Waals surface area contributed by atoms with Gasteiger partial charge >= 0.3 is 5.97 Å². The minimum absolute atomic E-state index is 0.0140. The summed E-state index contributed by atoms with van der Waals surface area (Å²) in [5, 5.41) is 8.69. The largest absolute Gasteiger partial charge is 0.490 e. The summed E-state index contributed by atoms with van der Waals surface area (Å²) in [7, 11) is 1.90. The molecule has 10 heteroatoms. The first-order valence-corrected chi connectivity index (χ1v) is 14.1. The number of ether oxygens (including phenoxy) is 4. The molecule has 41 heavy (non-hydrogen) atoms. The van der Waals surface area contributed by atoms with Gasteiger partial charge in [0.25, 0.3) is 0 Å². The van der Waals surface area contributed by atoms with Gasteiger partial charge in [-0.25, -0.2) is 4.39 Å². The van der Waals surface area contributed by atoms with E-state index in [0.717, 1.165) is 11.3 Å². The lowest BCUT2D eigenvalue weighted by molar-refractivity contribution is -0.144. The van der Waals surface area contributed by atoms with Crippen molar-refractivity contribution in [1.82, 2.24) is 4.90 Å². The molecule has 0 spiro atoms. The standard InChI is InChI=1S/C31H40FN3O6/c1-8-38-24-13-19-15-35(30(33)26(19)27(32)29(24)40-10-3)17-23(36)18-11-21(31(4,5)6)28-22(12-18)34(7)16-20(41-28)14-25(37)39-9-2/h11-13,20,33H,8-10,14-17H2,1-7H3. The highest BCUT2D eigenvalue weighted by Crippen LogP contribution is 2.43. The zero-order valence-electron chi connectivity index (χ0n) is 25.0. The number of halogens is 1. The van der Waals surface area contributed by atoms with Crippen molar-refractivity contribution >= 4 is 23.3 Å². The summed E-state index contributed by atoms with van der Waals surface area (Å²) in [6.45, 7) is 12.9. The second kappa shape index (κ2) is 12.0. The van der Waals surface area contributed by atoms with E-state index in [1.807, 2.05) is 38.8 Å². The highest BCUT2D eigenvalue weighted by atomic mass is 19.1. The van der Waals surface area contributed by atoms with Crippen molar-refractivity contribution < 1.29 is 32.9 Å². The molecule has 222 valence electrons. The van der Waals surface area contributed by atoms with Gasteiger partial charge in [-0.15, -0.1) is 0 Å². The van der Waals surface area contributed by atoms with Crippen LogP contribution in [-0.4, -0.2) is 68.5 Å². The molecule has 9 nitrogen and oxygen atoms in total. The van der Waals surface area contributed by atoms with Gasteiger partial charge in [0.05, 0.1) is 50.6 Å². The number of likely N-dealkylation sites (N-methyl/N-ethyl adjacent to an activating group) is 1. The summed E-state index contributed by atoms with van der Waals surface area (Å²) < 4.78 is 38.0. The van der Waals surface area contributed by atoms with E-state index in [-0.39, 0.29) is 66.5 Å². The van der Waals surface area contributed by atoms with Crippen molar-refractivity contribution in [3.8, 4) is 17.2 Å². The first kappa shape index (κ1) is 30.1.